The lowest BCUT2D eigenvalue weighted by Crippen LogP contribution is -2.33. The first-order valence-corrected chi connectivity index (χ1v) is 5.65. The Morgan fingerprint density at radius 2 is 1.81 bits per heavy atom. The van der Waals surface area contributed by atoms with Crippen molar-refractivity contribution in [2.24, 2.45) is 5.92 Å². The summed E-state index contributed by atoms with van der Waals surface area (Å²) in [6.45, 7) is 1.94. The van der Waals surface area contributed by atoms with Crippen molar-refractivity contribution in [3.8, 4) is 0 Å². The second kappa shape index (κ2) is 4.74. The van der Waals surface area contributed by atoms with Gasteiger partial charge in [0.25, 0.3) is 0 Å². The van der Waals surface area contributed by atoms with Gasteiger partial charge in [-0.2, -0.15) is 0 Å². The number of nitrogens with zero attached hydrogens (tertiary/aromatic N) is 1. The van der Waals surface area contributed by atoms with Crippen LogP contribution < -0.4 is 0 Å². The fourth-order valence-electron chi connectivity index (χ4n) is 2.12. The molecule has 0 spiro atoms. The molecule has 0 bridgehead atoms. The van der Waals surface area contributed by atoms with E-state index in [1.54, 1.807) is 12.1 Å². The van der Waals surface area contributed by atoms with Crippen molar-refractivity contribution in [3.05, 3.63) is 35.6 Å². The number of likely N-dealkylation sites (tertiary alicyclic amines) is 1. The van der Waals surface area contributed by atoms with E-state index in [0.29, 0.717) is 5.56 Å². The molecule has 86 valence electrons. The van der Waals surface area contributed by atoms with Gasteiger partial charge in [0.2, 0.25) is 0 Å². The molecule has 0 aromatic heterocycles. The number of Topliss-reactive ketones (excluding diaryl/α,β-unsaturated/α-hetero) is 1. The Balaban J connectivity index is 2.05. The molecule has 0 saturated carbocycles. The Morgan fingerprint density at radius 1 is 1.25 bits per heavy atom. The van der Waals surface area contributed by atoms with Gasteiger partial charge in [-0.25, -0.2) is 4.39 Å². The predicted octanol–water partition coefficient (Wildman–Crippen LogP) is 2.35. The molecule has 1 aromatic rings. The van der Waals surface area contributed by atoms with Crippen molar-refractivity contribution in [3.63, 3.8) is 0 Å². The van der Waals surface area contributed by atoms with E-state index in [1.807, 2.05) is 0 Å². The number of halogens is 1. The summed E-state index contributed by atoms with van der Waals surface area (Å²) in [6.07, 6.45) is 1.82. The number of carbonyl (C=O) groups excluding carboxylic acids is 1. The van der Waals surface area contributed by atoms with Crippen molar-refractivity contribution in [2.45, 2.75) is 12.8 Å². The van der Waals surface area contributed by atoms with Crippen LogP contribution in [0.5, 0.6) is 0 Å². The molecule has 1 saturated heterocycles. The Bertz CT molecular complexity index is 366. The first-order valence-electron chi connectivity index (χ1n) is 5.65. The SMILES string of the molecule is CN1CCC(C(=O)c2ccc(F)cc2)CC1. The number of hydrogen-bond acceptors (Lipinski definition) is 2. The maximum absolute atomic E-state index is 12.7. The molecule has 1 aliphatic rings. The Morgan fingerprint density at radius 3 is 2.38 bits per heavy atom. The van der Waals surface area contributed by atoms with Crippen LogP contribution in [0.1, 0.15) is 23.2 Å². The summed E-state index contributed by atoms with van der Waals surface area (Å²) < 4.78 is 12.7. The van der Waals surface area contributed by atoms with E-state index in [2.05, 4.69) is 11.9 Å². The number of benzene rings is 1. The number of ketones is 1. The molecule has 3 heteroatoms. The van der Waals surface area contributed by atoms with Crippen LogP contribution in [-0.2, 0) is 0 Å². The fraction of sp³-hybridized carbons (Fsp3) is 0.462. The Hall–Kier alpha value is -1.22. The second-order valence-corrected chi connectivity index (χ2v) is 4.45. The molecule has 2 nitrogen and oxygen atoms in total. The molecule has 0 aliphatic carbocycles. The minimum absolute atomic E-state index is 0.113. The topological polar surface area (TPSA) is 20.3 Å². The molecule has 1 fully saturated rings. The maximum Gasteiger partial charge on any atom is 0.166 e. The minimum atomic E-state index is -0.292. The zero-order chi connectivity index (χ0) is 11.5. The van der Waals surface area contributed by atoms with Gasteiger partial charge in [-0.05, 0) is 57.2 Å². The molecule has 0 N–H and O–H groups in total. The van der Waals surface area contributed by atoms with Gasteiger partial charge in [-0.3, -0.25) is 4.79 Å². The third-order valence-corrected chi connectivity index (χ3v) is 3.22. The average molecular weight is 221 g/mol. The molecule has 1 aliphatic heterocycles. The molecule has 0 radical (unpaired) electrons. The normalized spacial score (nSPS) is 18.6. The van der Waals surface area contributed by atoms with Crippen LogP contribution in [0.25, 0.3) is 0 Å². The highest BCUT2D eigenvalue weighted by Gasteiger charge is 2.24. The molecular weight excluding hydrogens is 205 g/mol. The van der Waals surface area contributed by atoms with Gasteiger partial charge in [0.1, 0.15) is 5.82 Å². The van der Waals surface area contributed by atoms with Crippen molar-refractivity contribution in [2.75, 3.05) is 20.1 Å². The van der Waals surface area contributed by atoms with Crippen LogP contribution in [0.4, 0.5) is 4.39 Å². The van der Waals surface area contributed by atoms with Crippen molar-refractivity contribution in [1.82, 2.24) is 4.90 Å². The third-order valence-electron chi connectivity index (χ3n) is 3.22. The van der Waals surface area contributed by atoms with Gasteiger partial charge in [-0.15, -0.1) is 0 Å². The highest BCUT2D eigenvalue weighted by atomic mass is 19.1. The summed E-state index contributed by atoms with van der Waals surface area (Å²) in [6, 6.07) is 5.86. The molecule has 1 heterocycles. The molecule has 0 amide bonds. The smallest absolute Gasteiger partial charge is 0.166 e. The van der Waals surface area contributed by atoms with Crippen molar-refractivity contribution < 1.29 is 9.18 Å². The van der Waals surface area contributed by atoms with Gasteiger partial charge < -0.3 is 4.90 Å². The lowest BCUT2D eigenvalue weighted by Gasteiger charge is -2.27. The Labute approximate surface area is 95.1 Å². The fourth-order valence-corrected chi connectivity index (χ4v) is 2.12. The first-order chi connectivity index (χ1) is 7.66. The molecule has 0 atom stereocenters. The van der Waals surface area contributed by atoms with E-state index in [4.69, 9.17) is 0 Å². The standard InChI is InChI=1S/C13H16FNO/c1-15-8-6-11(7-9-15)13(16)10-2-4-12(14)5-3-10/h2-5,11H,6-9H2,1H3. The van der Waals surface area contributed by atoms with Crippen LogP contribution in [0.2, 0.25) is 0 Å². The lowest BCUT2D eigenvalue weighted by atomic mass is 9.89. The van der Waals surface area contributed by atoms with E-state index in [9.17, 15) is 9.18 Å². The van der Waals surface area contributed by atoms with E-state index < -0.39 is 0 Å². The van der Waals surface area contributed by atoms with E-state index in [0.717, 1.165) is 25.9 Å². The number of piperidine rings is 1. The minimum Gasteiger partial charge on any atom is -0.306 e. The van der Waals surface area contributed by atoms with Gasteiger partial charge in [0.15, 0.2) is 5.78 Å². The summed E-state index contributed by atoms with van der Waals surface area (Å²) in [5.74, 6) is -0.0188. The van der Waals surface area contributed by atoms with E-state index in [-0.39, 0.29) is 17.5 Å². The number of rotatable bonds is 2. The van der Waals surface area contributed by atoms with Crippen molar-refractivity contribution >= 4 is 5.78 Å². The summed E-state index contributed by atoms with van der Waals surface area (Å²) in [5.41, 5.74) is 0.635. The summed E-state index contributed by atoms with van der Waals surface area (Å²) in [7, 11) is 2.07. The molecular formula is C13H16FNO. The van der Waals surface area contributed by atoms with Gasteiger partial charge in [-0.1, -0.05) is 0 Å². The second-order valence-electron chi connectivity index (χ2n) is 4.45. The van der Waals surface area contributed by atoms with Crippen LogP contribution in [0.15, 0.2) is 24.3 Å². The van der Waals surface area contributed by atoms with E-state index >= 15 is 0 Å². The monoisotopic (exact) mass is 221 g/mol. The van der Waals surface area contributed by atoms with Crippen LogP contribution in [-0.4, -0.2) is 30.8 Å². The maximum atomic E-state index is 12.7. The van der Waals surface area contributed by atoms with Gasteiger partial charge in [0.05, 0.1) is 0 Å². The van der Waals surface area contributed by atoms with Crippen molar-refractivity contribution in [1.29, 1.82) is 0 Å². The molecule has 1 aromatic carbocycles. The Kier molecular flexibility index (Phi) is 3.34. The van der Waals surface area contributed by atoms with Gasteiger partial charge >= 0.3 is 0 Å². The van der Waals surface area contributed by atoms with Crippen LogP contribution in [0.3, 0.4) is 0 Å². The first kappa shape index (κ1) is 11.3. The van der Waals surface area contributed by atoms with Crippen LogP contribution in [0, 0.1) is 11.7 Å². The van der Waals surface area contributed by atoms with Crippen LogP contribution >= 0.6 is 0 Å². The zero-order valence-corrected chi connectivity index (χ0v) is 9.45. The summed E-state index contributed by atoms with van der Waals surface area (Å²) in [4.78, 5) is 14.3. The molecule has 16 heavy (non-hydrogen) atoms. The number of carbonyl (C=O) groups is 1. The van der Waals surface area contributed by atoms with E-state index in [1.165, 1.54) is 12.1 Å². The third kappa shape index (κ3) is 2.47. The largest absolute Gasteiger partial charge is 0.306 e. The summed E-state index contributed by atoms with van der Waals surface area (Å²) >= 11 is 0. The van der Waals surface area contributed by atoms with Gasteiger partial charge in [0, 0.05) is 11.5 Å². The predicted molar refractivity (Wildman–Crippen MR) is 61.0 cm³/mol. The average Bonchev–Trinajstić information content (AvgIpc) is 2.30. The zero-order valence-electron chi connectivity index (χ0n) is 9.45. The molecule has 2 rings (SSSR count). The highest BCUT2D eigenvalue weighted by molar-refractivity contribution is 5.97. The molecule has 0 unspecified atom stereocenters. The highest BCUT2D eigenvalue weighted by Crippen LogP contribution is 2.21. The summed E-state index contributed by atoms with van der Waals surface area (Å²) in [5, 5.41) is 0. The lowest BCUT2D eigenvalue weighted by molar-refractivity contribution is 0.0857. The number of hydrogen-bond donors (Lipinski definition) is 0. The quantitative estimate of drug-likeness (QED) is 0.714.